The van der Waals surface area contributed by atoms with E-state index in [0.717, 1.165) is 41.0 Å². The third-order valence-electron chi connectivity index (χ3n) is 10.3. The zero-order chi connectivity index (χ0) is 39.5. The molecule has 54 heavy (non-hydrogen) atoms. The van der Waals surface area contributed by atoms with Crippen LogP contribution in [-0.2, 0) is 23.8 Å². The molecule has 0 amide bonds. The molecular formula is C42H64N2O10. The van der Waals surface area contributed by atoms with Gasteiger partial charge in [-0.2, -0.15) is 4.57 Å². The SMILES string of the molecule is CCCCCCCCCCCCCCCCCCOc1cc(C(=O)n2c(=O)ccn([C@@H]3O[C@H](CO)C(OC(=O)CCC(C)=O)[C@@H]3OC)c2=O)cc(C)c1C. The average molecular weight is 757 g/mol. The van der Waals surface area contributed by atoms with Crippen molar-refractivity contribution in [3.05, 3.63) is 61.9 Å². The maximum atomic E-state index is 13.8. The molecule has 12 heteroatoms. The molecule has 1 fully saturated rings. The van der Waals surface area contributed by atoms with E-state index in [2.05, 4.69) is 6.92 Å². The second kappa shape index (κ2) is 24.0. The van der Waals surface area contributed by atoms with Crippen molar-refractivity contribution in [3.63, 3.8) is 0 Å². The Morgan fingerprint density at radius 1 is 0.815 bits per heavy atom. The molecule has 2 aromatic rings. The van der Waals surface area contributed by atoms with Crippen molar-refractivity contribution in [1.82, 2.24) is 9.13 Å². The van der Waals surface area contributed by atoms with Gasteiger partial charge in [0, 0.05) is 31.4 Å². The van der Waals surface area contributed by atoms with Gasteiger partial charge in [0.15, 0.2) is 12.3 Å². The van der Waals surface area contributed by atoms with Crippen LogP contribution in [0.2, 0.25) is 0 Å². The fraction of sp³-hybridized carbons (Fsp3) is 0.690. The molecule has 1 aromatic heterocycles. The molecule has 0 bridgehead atoms. The number of aliphatic hydroxyl groups excluding tert-OH is 1. The monoisotopic (exact) mass is 756 g/mol. The minimum atomic E-state index is -1.25. The molecular weight excluding hydrogens is 692 g/mol. The first-order valence-electron chi connectivity index (χ1n) is 20.1. The number of nitrogens with zero attached hydrogens (tertiary/aromatic N) is 2. The molecule has 2 heterocycles. The number of methoxy groups -OCH3 is 1. The summed E-state index contributed by atoms with van der Waals surface area (Å²) in [5.41, 5.74) is -0.0900. The van der Waals surface area contributed by atoms with Gasteiger partial charge in [-0.15, -0.1) is 0 Å². The number of carbonyl (C=O) groups excluding carboxylic acids is 3. The number of Topliss-reactive ketones (excluding diaryl/α,β-unsaturated/α-hetero) is 1. The number of aromatic nitrogens is 2. The van der Waals surface area contributed by atoms with E-state index in [9.17, 15) is 29.1 Å². The summed E-state index contributed by atoms with van der Waals surface area (Å²) in [6.45, 7) is 7.26. The van der Waals surface area contributed by atoms with Gasteiger partial charge in [0.05, 0.1) is 19.6 Å². The third kappa shape index (κ3) is 13.6. The van der Waals surface area contributed by atoms with Crippen molar-refractivity contribution < 1.29 is 38.4 Å². The number of hydrogen-bond donors (Lipinski definition) is 1. The number of ether oxygens (including phenoxy) is 4. The molecule has 1 aliphatic heterocycles. The Morgan fingerprint density at radius 3 is 1.93 bits per heavy atom. The lowest BCUT2D eigenvalue weighted by Gasteiger charge is -2.23. The third-order valence-corrected chi connectivity index (χ3v) is 10.3. The highest BCUT2D eigenvalue weighted by Crippen LogP contribution is 2.33. The molecule has 0 aliphatic carbocycles. The van der Waals surface area contributed by atoms with Crippen LogP contribution in [0.25, 0.3) is 0 Å². The fourth-order valence-corrected chi connectivity index (χ4v) is 6.90. The Kier molecular flexibility index (Phi) is 19.9. The fourth-order valence-electron chi connectivity index (χ4n) is 6.90. The lowest BCUT2D eigenvalue weighted by molar-refractivity contribution is -0.158. The standard InChI is InChI=1S/C42H64N2O10/c1-6-7-8-9-10-11-12-13-14-15-16-17-18-19-20-21-26-52-34-28-33(27-30(2)32(34)4)40(49)44-36(47)24-25-43(42(44)50)41-39(51-5)38(35(29-45)53-41)54-37(48)23-22-31(3)46/h24-25,27-28,35,38-39,41,45H,6-23,26,29H2,1-5H3/t35-,38?,39+,41-/m1/s1. The van der Waals surface area contributed by atoms with Crippen molar-refractivity contribution in [2.24, 2.45) is 0 Å². The molecule has 1 aliphatic rings. The Morgan fingerprint density at radius 2 is 1.39 bits per heavy atom. The first kappa shape index (κ1) is 44.8. The molecule has 0 spiro atoms. The van der Waals surface area contributed by atoms with E-state index in [1.807, 2.05) is 13.8 Å². The van der Waals surface area contributed by atoms with Gasteiger partial charge in [-0.3, -0.25) is 19.0 Å². The number of rotatable bonds is 26. The quantitative estimate of drug-likeness (QED) is 0.0775. The largest absolute Gasteiger partial charge is 0.493 e. The first-order valence-corrected chi connectivity index (χ1v) is 20.1. The average Bonchev–Trinajstić information content (AvgIpc) is 3.49. The van der Waals surface area contributed by atoms with E-state index < -0.39 is 54.3 Å². The molecule has 0 saturated carbocycles. The highest BCUT2D eigenvalue weighted by Gasteiger charge is 2.48. The van der Waals surface area contributed by atoms with Crippen LogP contribution in [0.1, 0.15) is 157 Å². The molecule has 1 unspecified atom stereocenters. The summed E-state index contributed by atoms with van der Waals surface area (Å²) >= 11 is 0. The van der Waals surface area contributed by atoms with E-state index in [4.69, 9.17) is 18.9 Å². The van der Waals surface area contributed by atoms with Crippen LogP contribution in [0, 0.1) is 13.8 Å². The van der Waals surface area contributed by atoms with Crippen LogP contribution in [0.4, 0.5) is 0 Å². The van der Waals surface area contributed by atoms with Crippen molar-refractivity contribution in [2.45, 2.75) is 168 Å². The maximum absolute atomic E-state index is 13.8. The number of carbonyl (C=O) groups is 3. The topological polar surface area (TPSA) is 152 Å². The van der Waals surface area contributed by atoms with Gasteiger partial charge >= 0.3 is 11.7 Å². The summed E-state index contributed by atoms with van der Waals surface area (Å²) < 4.78 is 24.6. The van der Waals surface area contributed by atoms with Gasteiger partial charge in [-0.05, 0) is 50.5 Å². The Balaban J connectivity index is 1.55. The predicted molar refractivity (Wildman–Crippen MR) is 207 cm³/mol. The Hall–Kier alpha value is -3.61. The van der Waals surface area contributed by atoms with E-state index in [1.165, 1.54) is 104 Å². The number of hydrogen-bond acceptors (Lipinski definition) is 10. The molecule has 1 saturated heterocycles. The summed E-state index contributed by atoms with van der Waals surface area (Å²) in [5.74, 6) is -1.21. The lowest BCUT2D eigenvalue weighted by Crippen LogP contribution is -2.46. The van der Waals surface area contributed by atoms with Gasteiger partial charge in [-0.1, -0.05) is 103 Å². The molecule has 1 aromatic carbocycles. The Bertz CT molecular complexity index is 1600. The number of unbranched alkanes of at least 4 members (excludes halogenated alkanes) is 15. The smallest absolute Gasteiger partial charge is 0.340 e. The second-order valence-electron chi connectivity index (χ2n) is 14.7. The Labute approximate surface area is 320 Å². The van der Waals surface area contributed by atoms with E-state index in [0.29, 0.717) is 16.9 Å². The molecule has 302 valence electrons. The number of aliphatic hydroxyl groups is 1. The number of benzene rings is 1. The van der Waals surface area contributed by atoms with Crippen LogP contribution in [-0.4, -0.2) is 70.5 Å². The van der Waals surface area contributed by atoms with Crippen molar-refractivity contribution in [1.29, 1.82) is 0 Å². The van der Waals surface area contributed by atoms with Crippen molar-refractivity contribution in [2.75, 3.05) is 20.3 Å². The summed E-state index contributed by atoms with van der Waals surface area (Å²) in [5, 5.41) is 9.98. The highest BCUT2D eigenvalue weighted by molar-refractivity contribution is 5.96. The number of esters is 1. The lowest BCUT2D eigenvalue weighted by atomic mass is 10.0. The van der Waals surface area contributed by atoms with Crippen LogP contribution in [0.15, 0.2) is 34.0 Å². The maximum Gasteiger partial charge on any atom is 0.340 e. The van der Waals surface area contributed by atoms with Gasteiger partial charge < -0.3 is 28.8 Å². The number of aryl methyl sites for hydroxylation is 1. The van der Waals surface area contributed by atoms with Gasteiger partial charge in [0.25, 0.3) is 11.5 Å². The summed E-state index contributed by atoms with van der Waals surface area (Å²) in [6, 6.07) is 4.23. The molecule has 12 nitrogen and oxygen atoms in total. The summed E-state index contributed by atoms with van der Waals surface area (Å²) in [4.78, 5) is 64.3. The van der Waals surface area contributed by atoms with Crippen LogP contribution < -0.4 is 16.0 Å². The van der Waals surface area contributed by atoms with Gasteiger partial charge in [-0.25, -0.2) is 4.79 Å². The van der Waals surface area contributed by atoms with Crippen LogP contribution >= 0.6 is 0 Å². The molecule has 3 rings (SSSR count). The van der Waals surface area contributed by atoms with E-state index in [1.54, 1.807) is 12.1 Å². The molecule has 0 radical (unpaired) electrons. The summed E-state index contributed by atoms with van der Waals surface area (Å²) in [7, 11) is 1.32. The predicted octanol–water partition coefficient (Wildman–Crippen LogP) is 7.14. The van der Waals surface area contributed by atoms with Crippen LogP contribution in [0.3, 0.4) is 0 Å². The summed E-state index contributed by atoms with van der Waals surface area (Å²) in [6.07, 6.45) is 16.9. The van der Waals surface area contributed by atoms with E-state index in [-0.39, 0.29) is 24.2 Å². The second-order valence-corrected chi connectivity index (χ2v) is 14.7. The van der Waals surface area contributed by atoms with Crippen molar-refractivity contribution in [3.8, 4) is 5.75 Å². The number of ketones is 1. The normalized spacial score (nSPS) is 18.2. The van der Waals surface area contributed by atoms with Crippen LogP contribution in [0.5, 0.6) is 5.75 Å². The zero-order valence-electron chi connectivity index (χ0n) is 33.3. The van der Waals surface area contributed by atoms with E-state index >= 15 is 0 Å². The minimum absolute atomic E-state index is 0.0193. The highest BCUT2D eigenvalue weighted by atomic mass is 16.6. The van der Waals surface area contributed by atoms with Gasteiger partial charge in [0.1, 0.15) is 23.7 Å². The molecule has 4 atom stereocenters. The molecule has 1 N–H and O–H groups in total. The first-order chi connectivity index (χ1) is 26.0. The minimum Gasteiger partial charge on any atom is -0.493 e. The van der Waals surface area contributed by atoms with Crippen molar-refractivity contribution >= 4 is 17.7 Å². The zero-order valence-corrected chi connectivity index (χ0v) is 33.3. The van der Waals surface area contributed by atoms with Gasteiger partial charge in [0.2, 0.25) is 0 Å².